The minimum Gasteiger partial charge on any atom is -0.369 e. The van der Waals surface area contributed by atoms with Crippen molar-refractivity contribution in [1.82, 2.24) is 15.3 Å². The van der Waals surface area contributed by atoms with E-state index in [1.807, 2.05) is 32.0 Å². The number of nitrogens with zero attached hydrogens (tertiary/aromatic N) is 2. The summed E-state index contributed by atoms with van der Waals surface area (Å²) >= 11 is 1.34. The molecule has 0 radical (unpaired) electrons. The summed E-state index contributed by atoms with van der Waals surface area (Å²) in [5.74, 6) is 1.06. The van der Waals surface area contributed by atoms with E-state index in [2.05, 4.69) is 26.7 Å². The van der Waals surface area contributed by atoms with Crippen LogP contribution in [-0.2, 0) is 16.4 Å². The Bertz CT molecular complexity index is 1200. The van der Waals surface area contributed by atoms with Crippen LogP contribution in [0.4, 0.5) is 5.82 Å². The lowest BCUT2D eigenvalue weighted by atomic mass is 10.1. The van der Waals surface area contributed by atoms with Gasteiger partial charge in [0, 0.05) is 13.1 Å². The third kappa shape index (κ3) is 4.46. The number of aromatic nitrogens is 2. The smallest absolute Gasteiger partial charge is 0.261 e. The molecule has 1 aliphatic heterocycles. The van der Waals surface area contributed by atoms with Gasteiger partial charge >= 0.3 is 0 Å². The zero-order chi connectivity index (χ0) is 21.3. The number of carbonyl (C=O) groups excluding carboxylic acids is 1. The second-order valence-electron chi connectivity index (χ2n) is 7.78. The van der Waals surface area contributed by atoms with Gasteiger partial charge in [0.2, 0.25) is 0 Å². The Kier molecular flexibility index (Phi) is 5.75. The van der Waals surface area contributed by atoms with Crippen LogP contribution in [0.15, 0.2) is 30.6 Å². The predicted molar refractivity (Wildman–Crippen MR) is 120 cm³/mol. The standard InChI is InChI=1S/C21H24N4O3S2/c1-13-4-3-5-15(8-13)9-23-20(26)18-14(2)17-19(24-12-25-21(17)29-18)22-10-16-6-7-30(27,28)11-16/h3-5,8,12,16H,6-7,9-11H2,1-2H3,(H,23,26)(H,22,24,25). The van der Waals surface area contributed by atoms with E-state index in [-0.39, 0.29) is 23.3 Å². The van der Waals surface area contributed by atoms with Crippen molar-refractivity contribution in [2.24, 2.45) is 5.92 Å². The molecule has 1 aliphatic rings. The highest BCUT2D eigenvalue weighted by Gasteiger charge is 2.28. The first-order valence-electron chi connectivity index (χ1n) is 9.84. The molecule has 7 nitrogen and oxygen atoms in total. The predicted octanol–water partition coefficient (Wildman–Crippen LogP) is 3.08. The first-order chi connectivity index (χ1) is 14.3. The Hall–Kier alpha value is -2.52. The number of nitrogens with one attached hydrogen (secondary N) is 2. The van der Waals surface area contributed by atoms with E-state index in [4.69, 9.17) is 0 Å². The first-order valence-corrected chi connectivity index (χ1v) is 12.5. The number of sulfone groups is 1. The van der Waals surface area contributed by atoms with Gasteiger partial charge in [-0.2, -0.15) is 0 Å². The Labute approximate surface area is 179 Å². The van der Waals surface area contributed by atoms with E-state index in [0.29, 0.717) is 30.2 Å². The van der Waals surface area contributed by atoms with Gasteiger partial charge in [-0.25, -0.2) is 18.4 Å². The van der Waals surface area contributed by atoms with E-state index >= 15 is 0 Å². The van der Waals surface area contributed by atoms with Gasteiger partial charge in [-0.1, -0.05) is 29.8 Å². The highest BCUT2D eigenvalue weighted by atomic mass is 32.2. The van der Waals surface area contributed by atoms with Crippen LogP contribution in [0.3, 0.4) is 0 Å². The number of carbonyl (C=O) groups is 1. The minimum absolute atomic E-state index is 0.0797. The van der Waals surface area contributed by atoms with E-state index < -0.39 is 9.84 Å². The first kappa shape index (κ1) is 20.7. The minimum atomic E-state index is -2.91. The van der Waals surface area contributed by atoms with Crippen molar-refractivity contribution in [1.29, 1.82) is 0 Å². The van der Waals surface area contributed by atoms with E-state index in [9.17, 15) is 13.2 Å². The number of amides is 1. The Balaban J connectivity index is 1.50. The molecule has 1 saturated heterocycles. The van der Waals surface area contributed by atoms with E-state index in [0.717, 1.165) is 26.9 Å². The third-order valence-electron chi connectivity index (χ3n) is 5.35. The summed E-state index contributed by atoms with van der Waals surface area (Å²) in [4.78, 5) is 22.8. The van der Waals surface area contributed by atoms with Gasteiger partial charge in [0.1, 0.15) is 17.0 Å². The van der Waals surface area contributed by atoms with Gasteiger partial charge in [0.25, 0.3) is 5.91 Å². The summed E-state index contributed by atoms with van der Waals surface area (Å²) < 4.78 is 23.4. The van der Waals surface area contributed by atoms with Crippen molar-refractivity contribution >= 4 is 43.1 Å². The maximum absolute atomic E-state index is 12.8. The van der Waals surface area contributed by atoms with Crippen LogP contribution in [0.1, 0.15) is 32.8 Å². The molecule has 1 atom stereocenters. The van der Waals surface area contributed by atoms with Gasteiger partial charge in [0.05, 0.1) is 21.8 Å². The molecule has 0 aliphatic carbocycles. The van der Waals surface area contributed by atoms with Crippen LogP contribution >= 0.6 is 11.3 Å². The largest absolute Gasteiger partial charge is 0.369 e. The van der Waals surface area contributed by atoms with Gasteiger partial charge in [-0.05, 0) is 37.3 Å². The van der Waals surface area contributed by atoms with Crippen LogP contribution in [0.25, 0.3) is 10.2 Å². The van der Waals surface area contributed by atoms with E-state index in [1.54, 1.807) is 0 Å². The Morgan fingerprint density at radius 3 is 2.83 bits per heavy atom. The maximum Gasteiger partial charge on any atom is 0.261 e. The molecule has 30 heavy (non-hydrogen) atoms. The zero-order valence-corrected chi connectivity index (χ0v) is 18.6. The lowest BCUT2D eigenvalue weighted by molar-refractivity contribution is 0.0954. The fraction of sp³-hybridized carbons (Fsp3) is 0.381. The molecular formula is C21H24N4O3S2. The molecule has 0 spiro atoms. The fourth-order valence-corrected chi connectivity index (χ4v) is 6.71. The highest BCUT2D eigenvalue weighted by Crippen LogP contribution is 2.33. The molecule has 1 unspecified atom stereocenters. The summed E-state index contributed by atoms with van der Waals surface area (Å²) in [5.41, 5.74) is 3.04. The number of anilines is 1. The topological polar surface area (TPSA) is 101 Å². The Morgan fingerprint density at radius 2 is 2.10 bits per heavy atom. The van der Waals surface area contributed by atoms with Gasteiger partial charge in [-0.3, -0.25) is 4.79 Å². The molecule has 2 N–H and O–H groups in total. The summed E-state index contributed by atoms with van der Waals surface area (Å²) in [6.07, 6.45) is 2.14. The highest BCUT2D eigenvalue weighted by molar-refractivity contribution is 7.91. The van der Waals surface area contributed by atoms with Gasteiger partial charge in [-0.15, -0.1) is 11.3 Å². The van der Waals surface area contributed by atoms with Crippen molar-refractivity contribution in [3.05, 3.63) is 52.2 Å². The van der Waals surface area contributed by atoms with E-state index in [1.165, 1.54) is 17.7 Å². The second-order valence-corrected chi connectivity index (χ2v) is 11.0. The van der Waals surface area contributed by atoms with Gasteiger partial charge < -0.3 is 10.6 Å². The number of hydrogen-bond donors (Lipinski definition) is 2. The zero-order valence-electron chi connectivity index (χ0n) is 16.9. The summed E-state index contributed by atoms with van der Waals surface area (Å²) in [6.45, 7) is 4.92. The van der Waals surface area contributed by atoms with Crippen LogP contribution < -0.4 is 10.6 Å². The quantitative estimate of drug-likeness (QED) is 0.606. The Morgan fingerprint density at radius 1 is 1.27 bits per heavy atom. The number of rotatable bonds is 6. The number of fused-ring (bicyclic) bond motifs is 1. The van der Waals surface area contributed by atoms with Crippen molar-refractivity contribution < 1.29 is 13.2 Å². The molecule has 3 heterocycles. The number of benzene rings is 1. The molecule has 4 rings (SSSR count). The average molecular weight is 445 g/mol. The third-order valence-corrected chi connectivity index (χ3v) is 8.39. The van der Waals surface area contributed by atoms with Crippen LogP contribution in [-0.4, -0.2) is 42.3 Å². The number of thiophene rings is 1. The summed E-state index contributed by atoms with van der Waals surface area (Å²) in [5, 5.41) is 7.09. The van der Waals surface area contributed by atoms with Crippen LogP contribution in [0.2, 0.25) is 0 Å². The normalized spacial score (nSPS) is 17.9. The second kappa shape index (κ2) is 8.31. The molecule has 1 fully saturated rings. The molecule has 1 amide bonds. The molecule has 9 heteroatoms. The molecular weight excluding hydrogens is 420 g/mol. The summed E-state index contributed by atoms with van der Waals surface area (Å²) in [6, 6.07) is 8.04. The molecule has 2 aromatic heterocycles. The lowest BCUT2D eigenvalue weighted by Gasteiger charge is -2.11. The fourth-order valence-electron chi connectivity index (χ4n) is 3.78. The van der Waals surface area contributed by atoms with Crippen molar-refractivity contribution in [2.75, 3.05) is 23.4 Å². The molecule has 1 aromatic carbocycles. The molecule has 3 aromatic rings. The molecule has 0 bridgehead atoms. The van der Waals surface area contributed by atoms with Crippen LogP contribution in [0, 0.1) is 19.8 Å². The van der Waals surface area contributed by atoms with Crippen molar-refractivity contribution in [3.8, 4) is 0 Å². The lowest BCUT2D eigenvalue weighted by Crippen LogP contribution is -2.22. The average Bonchev–Trinajstić information content (AvgIpc) is 3.24. The van der Waals surface area contributed by atoms with Crippen molar-refractivity contribution in [3.63, 3.8) is 0 Å². The monoisotopic (exact) mass is 444 g/mol. The maximum atomic E-state index is 12.8. The van der Waals surface area contributed by atoms with Gasteiger partial charge in [0.15, 0.2) is 9.84 Å². The molecule has 0 saturated carbocycles. The van der Waals surface area contributed by atoms with Crippen molar-refractivity contribution in [2.45, 2.75) is 26.8 Å². The molecule has 158 valence electrons. The van der Waals surface area contributed by atoms with Crippen LogP contribution in [0.5, 0.6) is 0 Å². The number of aryl methyl sites for hydroxylation is 2. The summed E-state index contributed by atoms with van der Waals surface area (Å²) in [7, 11) is -2.91. The number of hydrogen-bond acceptors (Lipinski definition) is 7. The SMILES string of the molecule is Cc1cccc(CNC(=O)c2sc3ncnc(NCC4CCS(=O)(=O)C4)c3c2C)c1.